The molecular formula is C23H26N4O3. The van der Waals surface area contributed by atoms with E-state index in [1.54, 1.807) is 11.1 Å². The number of imide groups is 1. The van der Waals surface area contributed by atoms with Gasteiger partial charge in [-0.3, -0.25) is 24.7 Å². The van der Waals surface area contributed by atoms with Crippen LogP contribution in [0.4, 0.5) is 0 Å². The van der Waals surface area contributed by atoms with Crippen molar-refractivity contribution in [2.45, 2.75) is 51.7 Å². The lowest BCUT2D eigenvalue weighted by molar-refractivity contribution is -0.136. The summed E-state index contributed by atoms with van der Waals surface area (Å²) in [4.78, 5) is 42.5. The summed E-state index contributed by atoms with van der Waals surface area (Å²) in [7, 11) is 0. The van der Waals surface area contributed by atoms with Crippen molar-refractivity contribution in [1.29, 1.82) is 0 Å². The molecule has 2 aromatic rings. The molecule has 7 nitrogen and oxygen atoms in total. The fourth-order valence-electron chi connectivity index (χ4n) is 4.01. The van der Waals surface area contributed by atoms with Crippen molar-refractivity contribution in [1.82, 2.24) is 20.5 Å². The van der Waals surface area contributed by atoms with Crippen LogP contribution >= 0.6 is 0 Å². The van der Waals surface area contributed by atoms with Crippen LogP contribution in [-0.4, -0.2) is 40.2 Å². The third-order valence-electron chi connectivity index (χ3n) is 5.68. The molecule has 4 rings (SSSR count). The molecule has 0 spiro atoms. The van der Waals surface area contributed by atoms with Crippen molar-refractivity contribution in [2.75, 3.05) is 6.54 Å². The van der Waals surface area contributed by atoms with Crippen molar-refractivity contribution in [3.05, 3.63) is 53.2 Å². The molecule has 30 heavy (non-hydrogen) atoms. The average molecular weight is 406 g/mol. The number of pyridine rings is 1. The predicted molar refractivity (Wildman–Crippen MR) is 112 cm³/mol. The molecule has 7 heteroatoms. The van der Waals surface area contributed by atoms with Gasteiger partial charge in [0.25, 0.3) is 5.91 Å². The molecule has 1 aromatic heterocycles. The molecule has 156 valence electrons. The number of aromatic nitrogens is 1. The van der Waals surface area contributed by atoms with E-state index in [0.717, 1.165) is 48.3 Å². The number of unbranched alkanes of at least 4 members (excludes halogenated alkanes) is 1. The van der Waals surface area contributed by atoms with Gasteiger partial charge in [0.2, 0.25) is 11.8 Å². The van der Waals surface area contributed by atoms with Crippen molar-refractivity contribution < 1.29 is 14.4 Å². The molecule has 2 N–H and O–H groups in total. The molecule has 1 aromatic carbocycles. The lowest BCUT2D eigenvalue weighted by Crippen LogP contribution is -2.52. The molecule has 0 saturated carbocycles. The highest BCUT2D eigenvalue weighted by atomic mass is 16.2. The highest BCUT2D eigenvalue weighted by Crippen LogP contribution is 2.30. The minimum absolute atomic E-state index is 0.159. The van der Waals surface area contributed by atoms with Gasteiger partial charge in [0.05, 0.1) is 5.69 Å². The summed E-state index contributed by atoms with van der Waals surface area (Å²) >= 11 is 0. The monoisotopic (exact) mass is 406 g/mol. The number of hydrogen-bond donors (Lipinski definition) is 2. The third-order valence-corrected chi connectivity index (χ3v) is 5.68. The van der Waals surface area contributed by atoms with Gasteiger partial charge in [0.1, 0.15) is 6.04 Å². The van der Waals surface area contributed by atoms with Crippen LogP contribution in [0.2, 0.25) is 0 Å². The summed E-state index contributed by atoms with van der Waals surface area (Å²) in [6, 6.07) is 9.17. The number of hydrogen-bond acceptors (Lipinski definition) is 5. The summed E-state index contributed by atoms with van der Waals surface area (Å²) in [6.45, 7) is 4.33. The SMILES string of the molecule is CCCCNCc1ccnc(-c2ccc3c(c2)CN(C2CCC(=O)NC2=O)C3=O)c1. The van der Waals surface area contributed by atoms with E-state index in [4.69, 9.17) is 0 Å². The second kappa shape index (κ2) is 8.75. The van der Waals surface area contributed by atoms with E-state index >= 15 is 0 Å². The maximum Gasteiger partial charge on any atom is 0.255 e. The Bertz CT molecular complexity index is 988. The number of rotatable bonds is 7. The summed E-state index contributed by atoms with van der Waals surface area (Å²) < 4.78 is 0. The maximum atomic E-state index is 12.8. The van der Waals surface area contributed by atoms with E-state index in [-0.39, 0.29) is 18.2 Å². The van der Waals surface area contributed by atoms with Crippen LogP contribution < -0.4 is 10.6 Å². The summed E-state index contributed by atoms with van der Waals surface area (Å²) in [5, 5.41) is 5.77. The van der Waals surface area contributed by atoms with Crippen molar-refractivity contribution in [3.8, 4) is 11.3 Å². The van der Waals surface area contributed by atoms with E-state index in [1.165, 1.54) is 0 Å². The first-order valence-electron chi connectivity index (χ1n) is 10.5. The number of piperidine rings is 1. The van der Waals surface area contributed by atoms with Crippen LogP contribution in [0.1, 0.15) is 54.1 Å². The van der Waals surface area contributed by atoms with Crippen molar-refractivity contribution in [3.63, 3.8) is 0 Å². The molecule has 3 heterocycles. The van der Waals surface area contributed by atoms with E-state index in [9.17, 15) is 14.4 Å². The van der Waals surface area contributed by atoms with Crippen LogP contribution in [0.15, 0.2) is 36.5 Å². The van der Waals surface area contributed by atoms with Gasteiger partial charge in [-0.2, -0.15) is 0 Å². The number of nitrogens with one attached hydrogen (secondary N) is 2. The zero-order valence-corrected chi connectivity index (χ0v) is 17.1. The van der Waals surface area contributed by atoms with Gasteiger partial charge in [-0.15, -0.1) is 0 Å². The van der Waals surface area contributed by atoms with Gasteiger partial charge < -0.3 is 10.2 Å². The zero-order valence-electron chi connectivity index (χ0n) is 17.1. The first-order valence-corrected chi connectivity index (χ1v) is 10.5. The van der Waals surface area contributed by atoms with Gasteiger partial charge in [-0.25, -0.2) is 0 Å². The van der Waals surface area contributed by atoms with Gasteiger partial charge in [0, 0.05) is 36.8 Å². The molecule has 1 saturated heterocycles. The van der Waals surface area contributed by atoms with Crippen molar-refractivity contribution >= 4 is 17.7 Å². The van der Waals surface area contributed by atoms with Crippen LogP contribution in [0, 0.1) is 0 Å². The lowest BCUT2D eigenvalue weighted by Gasteiger charge is -2.29. The number of fused-ring (bicyclic) bond motifs is 1. The van der Waals surface area contributed by atoms with Gasteiger partial charge in [0.15, 0.2) is 0 Å². The van der Waals surface area contributed by atoms with Crippen LogP contribution in [0.5, 0.6) is 0 Å². The minimum atomic E-state index is -0.596. The fourth-order valence-corrected chi connectivity index (χ4v) is 4.01. The summed E-state index contributed by atoms with van der Waals surface area (Å²) in [5.41, 5.74) is 4.47. The Morgan fingerprint density at radius 3 is 2.87 bits per heavy atom. The molecule has 3 amide bonds. The normalized spacial score (nSPS) is 18.5. The number of carbonyl (C=O) groups excluding carboxylic acids is 3. The third kappa shape index (κ3) is 4.11. The Morgan fingerprint density at radius 2 is 2.07 bits per heavy atom. The molecule has 0 aliphatic carbocycles. The van der Waals surface area contributed by atoms with Gasteiger partial charge in [-0.05, 0) is 54.8 Å². The number of amides is 3. The van der Waals surface area contributed by atoms with Gasteiger partial charge >= 0.3 is 0 Å². The first kappa shape index (κ1) is 20.2. The van der Waals surface area contributed by atoms with E-state index < -0.39 is 11.9 Å². The molecule has 2 aliphatic heterocycles. The minimum Gasteiger partial charge on any atom is -0.322 e. The predicted octanol–water partition coefficient (Wildman–Crippen LogP) is 2.40. The highest BCUT2D eigenvalue weighted by Gasteiger charge is 2.39. The lowest BCUT2D eigenvalue weighted by atomic mass is 10.0. The van der Waals surface area contributed by atoms with Crippen LogP contribution in [0.3, 0.4) is 0 Å². The number of benzene rings is 1. The summed E-state index contributed by atoms with van der Waals surface area (Å²) in [6.07, 6.45) is 4.75. The Hall–Kier alpha value is -3.06. The smallest absolute Gasteiger partial charge is 0.255 e. The highest BCUT2D eigenvalue weighted by molar-refractivity contribution is 6.05. The molecular weight excluding hydrogens is 380 g/mol. The average Bonchev–Trinajstić information content (AvgIpc) is 3.07. The van der Waals surface area contributed by atoms with E-state index in [0.29, 0.717) is 18.5 Å². The second-order valence-electron chi connectivity index (χ2n) is 7.85. The maximum absolute atomic E-state index is 12.8. The zero-order chi connectivity index (χ0) is 21.1. The standard InChI is InChI=1S/C23H26N4O3/c1-2-3-9-24-13-15-8-10-25-19(11-15)16-4-5-18-17(12-16)14-27(23(18)30)20-6-7-21(28)26-22(20)29/h4-5,8,10-12,20,24H,2-3,6-7,9,13-14H2,1H3,(H,26,28,29). The molecule has 0 bridgehead atoms. The van der Waals surface area contributed by atoms with Gasteiger partial charge in [-0.1, -0.05) is 19.4 Å². The Morgan fingerprint density at radius 1 is 1.20 bits per heavy atom. The topological polar surface area (TPSA) is 91.4 Å². The Balaban J connectivity index is 1.50. The van der Waals surface area contributed by atoms with E-state index in [2.05, 4.69) is 28.6 Å². The number of carbonyl (C=O) groups is 3. The van der Waals surface area contributed by atoms with Crippen molar-refractivity contribution in [2.24, 2.45) is 0 Å². The van der Waals surface area contributed by atoms with Crippen LogP contribution in [-0.2, 0) is 22.7 Å². The Kier molecular flexibility index (Phi) is 5.90. The molecule has 1 fully saturated rings. The van der Waals surface area contributed by atoms with E-state index in [1.807, 2.05) is 24.3 Å². The first-order chi connectivity index (χ1) is 14.6. The molecule has 1 unspecified atom stereocenters. The number of nitrogens with zero attached hydrogens (tertiary/aromatic N) is 2. The Labute approximate surface area is 175 Å². The second-order valence-corrected chi connectivity index (χ2v) is 7.85. The molecule has 1 atom stereocenters. The van der Waals surface area contributed by atoms with Crippen LogP contribution in [0.25, 0.3) is 11.3 Å². The quantitative estimate of drug-likeness (QED) is 0.544. The molecule has 0 radical (unpaired) electrons. The largest absolute Gasteiger partial charge is 0.322 e. The fraction of sp³-hybridized carbons (Fsp3) is 0.391. The summed E-state index contributed by atoms with van der Waals surface area (Å²) in [5.74, 6) is -0.830. The molecule has 2 aliphatic rings.